The first-order valence-electron chi connectivity index (χ1n) is 5.42. The van der Waals surface area contributed by atoms with Crippen LogP contribution in [0.5, 0.6) is 0 Å². The molecule has 1 aromatic carbocycles. The monoisotopic (exact) mass is 202 g/mol. The van der Waals surface area contributed by atoms with Gasteiger partial charge in [-0.3, -0.25) is 0 Å². The van der Waals surface area contributed by atoms with Crippen molar-refractivity contribution in [3.05, 3.63) is 35.9 Å². The maximum Gasteiger partial charge on any atom is 0.0635 e. The Labute approximate surface area is 92.1 Å². The summed E-state index contributed by atoms with van der Waals surface area (Å²) in [7, 11) is 2.07. The summed E-state index contributed by atoms with van der Waals surface area (Å²) in [6.45, 7) is 1.95. The molecule has 0 saturated carbocycles. The van der Waals surface area contributed by atoms with Crippen LogP contribution in [-0.2, 0) is 6.42 Å². The number of rotatable bonds is 6. The van der Waals surface area contributed by atoms with Crippen LogP contribution in [0.1, 0.15) is 18.4 Å². The first-order valence-corrected chi connectivity index (χ1v) is 5.42. The highest BCUT2D eigenvalue weighted by Crippen LogP contribution is 2.02. The Morgan fingerprint density at radius 1 is 1.20 bits per heavy atom. The lowest BCUT2D eigenvalue weighted by molar-refractivity contribution is 0.337. The molecule has 0 saturated heterocycles. The summed E-state index contributed by atoms with van der Waals surface area (Å²) in [5.41, 5.74) is 1.39. The molecule has 0 spiro atoms. The predicted octanol–water partition coefficient (Wildman–Crippen LogP) is 2.46. The maximum absolute atomic E-state index is 8.44. The highest BCUT2D eigenvalue weighted by atomic mass is 15.1. The molecule has 1 rings (SSSR count). The lowest BCUT2D eigenvalue weighted by Gasteiger charge is -2.14. The minimum Gasteiger partial charge on any atom is -0.305 e. The first kappa shape index (κ1) is 11.7. The summed E-state index contributed by atoms with van der Waals surface area (Å²) < 4.78 is 0. The van der Waals surface area contributed by atoms with Gasteiger partial charge in [0.05, 0.1) is 6.07 Å². The third kappa shape index (κ3) is 5.19. The van der Waals surface area contributed by atoms with Crippen LogP contribution in [0.2, 0.25) is 0 Å². The molecule has 15 heavy (non-hydrogen) atoms. The van der Waals surface area contributed by atoms with Crippen molar-refractivity contribution in [2.75, 3.05) is 20.1 Å². The van der Waals surface area contributed by atoms with E-state index >= 15 is 0 Å². The van der Waals surface area contributed by atoms with Crippen molar-refractivity contribution >= 4 is 0 Å². The second-order valence-corrected chi connectivity index (χ2v) is 3.80. The van der Waals surface area contributed by atoms with E-state index < -0.39 is 0 Å². The van der Waals surface area contributed by atoms with E-state index in [1.165, 1.54) is 5.56 Å². The zero-order valence-corrected chi connectivity index (χ0v) is 9.32. The zero-order valence-electron chi connectivity index (χ0n) is 9.32. The number of nitrogens with zero attached hydrogens (tertiary/aromatic N) is 2. The van der Waals surface area contributed by atoms with Crippen LogP contribution in [0.25, 0.3) is 0 Å². The molecule has 0 fully saturated rings. The van der Waals surface area contributed by atoms with Gasteiger partial charge in [0, 0.05) is 13.0 Å². The van der Waals surface area contributed by atoms with E-state index in [4.69, 9.17) is 5.26 Å². The largest absolute Gasteiger partial charge is 0.305 e. The van der Waals surface area contributed by atoms with E-state index in [0.717, 1.165) is 25.9 Å². The highest BCUT2D eigenvalue weighted by Gasteiger charge is 1.97. The first-order chi connectivity index (χ1) is 7.33. The Kier molecular flexibility index (Phi) is 5.50. The number of hydrogen-bond donors (Lipinski definition) is 0. The maximum atomic E-state index is 8.44. The molecule has 0 N–H and O–H groups in total. The van der Waals surface area contributed by atoms with Gasteiger partial charge >= 0.3 is 0 Å². The van der Waals surface area contributed by atoms with Crippen LogP contribution in [0, 0.1) is 11.3 Å². The molecule has 80 valence electrons. The smallest absolute Gasteiger partial charge is 0.0635 e. The van der Waals surface area contributed by atoms with Crippen molar-refractivity contribution in [3.8, 4) is 6.07 Å². The predicted molar refractivity (Wildman–Crippen MR) is 62.5 cm³/mol. The van der Waals surface area contributed by atoms with Crippen LogP contribution in [0.4, 0.5) is 0 Å². The van der Waals surface area contributed by atoms with Gasteiger partial charge in [-0.15, -0.1) is 0 Å². The van der Waals surface area contributed by atoms with Crippen molar-refractivity contribution in [2.45, 2.75) is 19.3 Å². The molecule has 0 unspecified atom stereocenters. The van der Waals surface area contributed by atoms with Crippen LogP contribution >= 0.6 is 0 Å². The van der Waals surface area contributed by atoms with Crippen LogP contribution in [0.15, 0.2) is 30.3 Å². The van der Waals surface area contributed by atoms with Crippen molar-refractivity contribution < 1.29 is 0 Å². The van der Waals surface area contributed by atoms with Gasteiger partial charge in [-0.2, -0.15) is 5.26 Å². The SMILES string of the molecule is CN(CCC#N)CCCc1ccccc1. The number of nitriles is 1. The highest BCUT2D eigenvalue weighted by molar-refractivity contribution is 5.14. The molecule has 0 bridgehead atoms. The van der Waals surface area contributed by atoms with E-state index in [1.54, 1.807) is 0 Å². The van der Waals surface area contributed by atoms with Crippen molar-refractivity contribution in [2.24, 2.45) is 0 Å². The Morgan fingerprint density at radius 2 is 1.93 bits per heavy atom. The Bertz CT molecular complexity index is 300. The fourth-order valence-corrected chi connectivity index (χ4v) is 1.55. The van der Waals surface area contributed by atoms with Gasteiger partial charge in [0.2, 0.25) is 0 Å². The summed E-state index contributed by atoms with van der Waals surface area (Å²) in [6, 6.07) is 12.7. The summed E-state index contributed by atoms with van der Waals surface area (Å²) >= 11 is 0. The van der Waals surface area contributed by atoms with E-state index in [0.29, 0.717) is 6.42 Å². The molecule has 2 nitrogen and oxygen atoms in total. The lowest BCUT2D eigenvalue weighted by Crippen LogP contribution is -2.20. The van der Waals surface area contributed by atoms with Gasteiger partial charge in [0.1, 0.15) is 0 Å². The molecule has 1 aromatic rings. The molecular weight excluding hydrogens is 184 g/mol. The molecule has 0 aliphatic heterocycles. The topological polar surface area (TPSA) is 27.0 Å². The van der Waals surface area contributed by atoms with Crippen molar-refractivity contribution in [1.82, 2.24) is 4.90 Å². The summed E-state index contributed by atoms with van der Waals surface area (Å²) in [5.74, 6) is 0. The van der Waals surface area contributed by atoms with Gasteiger partial charge in [-0.05, 0) is 32.0 Å². The number of aryl methyl sites for hydroxylation is 1. The summed E-state index contributed by atoms with van der Waals surface area (Å²) in [5, 5.41) is 8.44. The van der Waals surface area contributed by atoms with E-state index in [9.17, 15) is 0 Å². The van der Waals surface area contributed by atoms with Gasteiger partial charge < -0.3 is 4.90 Å². The average molecular weight is 202 g/mol. The molecule has 0 atom stereocenters. The van der Waals surface area contributed by atoms with Crippen LogP contribution in [-0.4, -0.2) is 25.0 Å². The molecule has 0 aliphatic rings. The molecule has 2 heteroatoms. The Balaban J connectivity index is 2.14. The molecule has 0 heterocycles. The van der Waals surface area contributed by atoms with E-state index in [1.807, 2.05) is 6.07 Å². The van der Waals surface area contributed by atoms with Gasteiger partial charge in [0.15, 0.2) is 0 Å². The third-order valence-electron chi connectivity index (χ3n) is 2.45. The van der Waals surface area contributed by atoms with Crippen molar-refractivity contribution in [1.29, 1.82) is 5.26 Å². The van der Waals surface area contributed by atoms with Gasteiger partial charge in [0.25, 0.3) is 0 Å². The second kappa shape index (κ2) is 7.03. The van der Waals surface area contributed by atoms with E-state index in [2.05, 4.69) is 42.3 Å². The summed E-state index contributed by atoms with van der Waals surface area (Å²) in [4.78, 5) is 2.21. The minimum atomic E-state index is 0.627. The number of benzene rings is 1. The van der Waals surface area contributed by atoms with Crippen LogP contribution in [0.3, 0.4) is 0 Å². The fourth-order valence-electron chi connectivity index (χ4n) is 1.55. The molecule has 0 amide bonds. The molecular formula is C13H18N2. The Hall–Kier alpha value is -1.33. The Morgan fingerprint density at radius 3 is 2.60 bits per heavy atom. The third-order valence-corrected chi connectivity index (χ3v) is 2.45. The van der Waals surface area contributed by atoms with Crippen molar-refractivity contribution in [3.63, 3.8) is 0 Å². The standard InChI is InChI=1S/C13H18N2/c1-15(12-6-10-14)11-5-9-13-7-3-2-4-8-13/h2-4,7-8H,5-6,9,11-12H2,1H3. The summed E-state index contributed by atoms with van der Waals surface area (Å²) in [6.07, 6.45) is 2.91. The molecule has 0 aromatic heterocycles. The van der Waals surface area contributed by atoms with Gasteiger partial charge in [-0.1, -0.05) is 30.3 Å². The molecule has 0 aliphatic carbocycles. The second-order valence-electron chi connectivity index (χ2n) is 3.80. The van der Waals surface area contributed by atoms with Crippen LogP contribution < -0.4 is 0 Å². The fraction of sp³-hybridized carbons (Fsp3) is 0.462. The minimum absolute atomic E-state index is 0.627. The van der Waals surface area contributed by atoms with Gasteiger partial charge in [-0.25, -0.2) is 0 Å². The molecule has 0 radical (unpaired) electrons. The zero-order chi connectivity index (χ0) is 10.9. The quantitative estimate of drug-likeness (QED) is 0.708. The van der Waals surface area contributed by atoms with E-state index in [-0.39, 0.29) is 0 Å². The number of hydrogen-bond acceptors (Lipinski definition) is 2. The average Bonchev–Trinajstić information content (AvgIpc) is 2.28. The normalized spacial score (nSPS) is 10.2. The lowest BCUT2D eigenvalue weighted by atomic mass is 10.1.